The van der Waals surface area contributed by atoms with Crippen LogP contribution >= 0.6 is 15.9 Å². The lowest BCUT2D eigenvalue weighted by atomic mass is 10.2. The third-order valence-corrected chi connectivity index (χ3v) is 2.92. The summed E-state index contributed by atoms with van der Waals surface area (Å²) in [6, 6.07) is 8.19. The fraction of sp³-hybridized carbons (Fsp3) is 0.571. The highest BCUT2D eigenvalue weighted by Crippen LogP contribution is 2.12. The maximum absolute atomic E-state index is 5.59. The molecule has 18 heavy (non-hydrogen) atoms. The van der Waals surface area contributed by atoms with Crippen LogP contribution in [0.4, 0.5) is 0 Å². The van der Waals surface area contributed by atoms with Gasteiger partial charge in [0.05, 0.1) is 13.2 Å². The molecule has 0 aromatic heterocycles. The Balaban J connectivity index is 1.92. The first kappa shape index (κ1) is 15.6. The molecular formula is C14H22BrNO2. The van der Waals surface area contributed by atoms with Gasteiger partial charge in [0.15, 0.2) is 0 Å². The molecule has 0 fully saturated rings. The van der Waals surface area contributed by atoms with Gasteiger partial charge in [0.1, 0.15) is 0 Å². The van der Waals surface area contributed by atoms with Crippen molar-refractivity contribution in [2.45, 2.75) is 20.0 Å². The summed E-state index contributed by atoms with van der Waals surface area (Å²) in [4.78, 5) is 0. The van der Waals surface area contributed by atoms with Gasteiger partial charge >= 0.3 is 0 Å². The Morgan fingerprint density at radius 1 is 1.17 bits per heavy atom. The molecule has 0 amide bonds. The van der Waals surface area contributed by atoms with Gasteiger partial charge in [-0.2, -0.15) is 0 Å². The standard InChI is InChI=1S/C14H22BrNO2/c1-2-17-9-4-7-16-8-10-18-12-13-5-3-6-14(15)11-13/h3,5-6,11,16H,2,4,7-10,12H2,1H3. The first-order valence-electron chi connectivity index (χ1n) is 6.43. The predicted octanol–water partition coefficient (Wildman–Crippen LogP) is 2.98. The first-order valence-corrected chi connectivity index (χ1v) is 7.23. The Bertz CT molecular complexity index is 320. The first-order chi connectivity index (χ1) is 8.83. The van der Waals surface area contributed by atoms with Crippen LogP contribution in [0.15, 0.2) is 28.7 Å². The van der Waals surface area contributed by atoms with E-state index in [0.717, 1.165) is 43.8 Å². The molecule has 0 unspecified atom stereocenters. The zero-order valence-corrected chi connectivity index (χ0v) is 12.5. The van der Waals surface area contributed by atoms with E-state index < -0.39 is 0 Å². The van der Waals surface area contributed by atoms with Gasteiger partial charge in [-0.15, -0.1) is 0 Å². The SMILES string of the molecule is CCOCCCNCCOCc1cccc(Br)c1. The minimum atomic E-state index is 0.667. The van der Waals surface area contributed by atoms with E-state index in [9.17, 15) is 0 Å². The van der Waals surface area contributed by atoms with E-state index in [4.69, 9.17) is 9.47 Å². The number of rotatable bonds is 10. The molecule has 0 aliphatic rings. The molecule has 0 bridgehead atoms. The van der Waals surface area contributed by atoms with Crippen molar-refractivity contribution >= 4 is 15.9 Å². The summed E-state index contributed by atoms with van der Waals surface area (Å²) >= 11 is 3.45. The molecule has 0 radical (unpaired) electrons. The Kier molecular flexibility index (Phi) is 9.12. The van der Waals surface area contributed by atoms with Crippen molar-refractivity contribution in [3.05, 3.63) is 34.3 Å². The van der Waals surface area contributed by atoms with Crippen LogP contribution in [0.2, 0.25) is 0 Å². The summed E-state index contributed by atoms with van der Waals surface area (Å²) in [6.07, 6.45) is 1.06. The quantitative estimate of drug-likeness (QED) is 0.673. The van der Waals surface area contributed by atoms with E-state index in [1.807, 2.05) is 19.1 Å². The molecule has 3 nitrogen and oxygen atoms in total. The average molecular weight is 316 g/mol. The van der Waals surface area contributed by atoms with E-state index >= 15 is 0 Å². The summed E-state index contributed by atoms with van der Waals surface area (Å²) in [5.74, 6) is 0. The van der Waals surface area contributed by atoms with Crippen molar-refractivity contribution in [3.8, 4) is 0 Å². The summed E-state index contributed by atoms with van der Waals surface area (Å²) in [5, 5.41) is 3.33. The Labute approximate surface area is 118 Å². The fourth-order valence-electron chi connectivity index (χ4n) is 1.53. The lowest BCUT2D eigenvalue weighted by molar-refractivity contribution is 0.120. The molecule has 1 aromatic rings. The number of hydrogen-bond donors (Lipinski definition) is 1. The summed E-state index contributed by atoms with van der Waals surface area (Å²) in [6.45, 7) is 6.93. The molecule has 102 valence electrons. The molecule has 0 aliphatic heterocycles. The molecule has 0 spiro atoms. The van der Waals surface area contributed by atoms with E-state index in [1.165, 1.54) is 5.56 Å². The topological polar surface area (TPSA) is 30.5 Å². The van der Waals surface area contributed by atoms with E-state index in [2.05, 4.69) is 33.4 Å². The number of nitrogens with one attached hydrogen (secondary N) is 1. The maximum Gasteiger partial charge on any atom is 0.0717 e. The van der Waals surface area contributed by atoms with Crippen molar-refractivity contribution in [3.63, 3.8) is 0 Å². The van der Waals surface area contributed by atoms with Gasteiger partial charge < -0.3 is 14.8 Å². The minimum Gasteiger partial charge on any atom is -0.382 e. The molecule has 0 saturated carbocycles. The zero-order chi connectivity index (χ0) is 13.1. The highest BCUT2D eigenvalue weighted by molar-refractivity contribution is 9.10. The van der Waals surface area contributed by atoms with Crippen LogP contribution in [-0.2, 0) is 16.1 Å². The summed E-state index contributed by atoms with van der Waals surface area (Å²) < 4.78 is 11.9. The Morgan fingerprint density at radius 2 is 2.06 bits per heavy atom. The summed E-state index contributed by atoms with van der Waals surface area (Å²) in [7, 11) is 0. The highest BCUT2D eigenvalue weighted by atomic mass is 79.9. The summed E-state index contributed by atoms with van der Waals surface area (Å²) in [5.41, 5.74) is 1.20. The van der Waals surface area contributed by atoms with Crippen LogP contribution < -0.4 is 5.32 Å². The molecular weight excluding hydrogens is 294 g/mol. The van der Waals surface area contributed by atoms with E-state index in [-0.39, 0.29) is 0 Å². The predicted molar refractivity (Wildman–Crippen MR) is 77.8 cm³/mol. The van der Waals surface area contributed by atoms with Crippen molar-refractivity contribution in [2.75, 3.05) is 32.9 Å². The Morgan fingerprint density at radius 3 is 2.83 bits per heavy atom. The third-order valence-electron chi connectivity index (χ3n) is 2.43. The number of halogens is 1. The van der Waals surface area contributed by atoms with Crippen LogP contribution in [0.5, 0.6) is 0 Å². The number of hydrogen-bond acceptors (Lipinski definition) is 3. The number of ether oxygens (including phenoxy) is 2. The zero-order valence-electron chi connectivity index (χ0n) is 11.0. The van der Waals surface area contributed by atoms with Crippen molar-refractivity contribution in [1.29, 1.82) is 0 Å². The molecule has 1 aromatic carbocycles. The normalized spacial score (nSPS) is 10.8. The maximum atomic E-state index is 5.59. The second-order valence-corrected chi connectivity index (χ2v) is 4.90. The smallest absolute Gasteiger partial charge is 0.0717 e. The van der Waals surface area contributed by atoms with Crippen LogP contribution in [-0.4, -0.2) is 32.9 Å². The van der Waals surface area contributed by atoms with Gasteiger partial charge in [-0.1, -0.05) is 28.1 Å². The lowest BCUT2D eigenvalue weighted by Gasteiger charge is -2.06. The minimum absolute atomic E-state index is 0.667. The third kappa shape index (κ3) is 7.82. The van der Waals surface area contributed by atoms with E-state index in [0.29, 0.717) is 6.61 Å². The van der Waals surface area contributed by atoms with Gasteiger partial charge in [-0.3, -0.25) is 0 Å². The molecule has 0 aliphatic carbocycles. The highest BCUT2D eigenvalue weighted by Gasteiger charge is 1.94. The lowest BCUT2D eigenvalue weighted by Crippen LogP contribution is -2.21. The molecule has 0 heterocycles. The molecule has 0 atom stereocenters. The van der Waals surface area contributed by atoms with Crippen LogP contribution in [0, 0.1) is 0 Å². The van der Waals surface area contributed by atoms with Gasteiger partial charge in [0, 0.05) is 24.2 Å². The largest absolute Gasteiger partial charge is 0.382 e. The average Bonchev–Trinajstić information content (AvgIpc) is 2.37. The van der Waals surface area contributed by atoms with Gasteiger partial charge in [-0.25, -0.2) is 0 Å². The second kappa shape index (κ2) is 10.5. The molecule has 4 heteroatoms. The molecule has 1 rings (SSSR count). The molecule has 1 N–H and O–H groups in total. The van der Waals surface area contributed by atoms with Crippen LogP contribution in [0.1, 0.15) is 18.9 Å². The fourth-order valence-corrected chi connectivity index (χ4v) is 1.98. The second-order valence-electron chi connectivity index (χ2n) is 3.98. The van der Waals surface area contributed by atoms with Crippen molar-refractivity contribution < 1.29 is 9.47 Å². The van der Waals surface area contributed by atoms with Crippen molar-refractivity contribution in [1.82, 2.24) is 5.32 Å². The van der Waals surface area contributed by atoms with Crippen LogP contribution in [0.25, 0.3) is 0 Å². The van der Waals surface area contributed by atoms with E-state index in [1.54, 1.807) is 0 Å². The number of benzene rings is 1. The van der Waals surface area contributed by atoms with Gasteiger partial charge in [-0.05, 0) is 37.6 Å². The van der Waals surface area contributed by atoms with Gasteiger partial charge in [0.25, 0.3) is 0 Å². The Hall–Kier alpha value is -0.420. The van der Waals surface area contributed by atoms with Crippen molar-refractivity contribution in [2.24, 2.45) is 0 Å². The van der Waals surface area contributed by atoms with Gasteiger partial charge in [0.2, 0.25) is 0 Å². The van der Waals surface area contributed by atoms with Crippen LogP contribution in [0.3, 0.4) is 0 Å². The monoisotopic (exact) mass is 315 g/mol. The molecule has 0 saturated heterocycles.